The molecular weight excluding hydrogens is 320 g/mol. The lowest BCUT2D eigenvalue weighted by Gasteiger charge is -2.29. The predicted molar refractivity (Wildman–Crippen MR) is 79.5 cm³/mol. The van der Waals surface area contributed by atoms with Crippen LogP contribution in [0.5, 0.6) is 0 Å². The SMILES string of the molecule is O=C(O)CON1C(=O)N2CC1CCC2C(=O)NOC[C@H]1CCCN1. The quantitative estimate of drug-likeness (QED) is 0.511. The van der Waals surface area contributed by atoms with Crippen molar-refractivity contribution in [3.05, 3.63) is 0 Å². The number of hydrogen-bond acceptors (Lipinski definition) is 6. The van der Waals surface area contributed by atoms with E-state index in [0.717, 1.165) is 24.4 Å². The number of carboxylic acids is 1. The summed E-state index contributed by atoms with van der Waals surface area (Å²) < 4.78 is 0. The van der Waals surface area contributed by atoms with Gasteiger partial charge in [0.05, 0.1) is 12.6 Å². The summed E-state index contributed by atoms with van der Waals surface area (Å²) in [5.41, 5.74) is 2.42. The van der Waals surface area contributed by atoms with Gasteiger partial charge in [-0.15, -0.1) is 0 Å². The smallest absolute Gasteiger partial charge is 0.345 e. The Labute approximate surface area is 138 Å². The molecule has 2 unspecified atom stereocenters. The number of hydrogen-bond donors (Lipinski definition) is 3. The Bertz CT molecular complexity index is 509. The number of rotatable bonds is 7. The Morgan fingerprint density at radius 1 is 1.33 bits per heavy atom. The van der Waals surface area contributed by atoms with E-state index in [0.29, 0.717) is 26.0 Å². The van der Waals surface area contributed by atoms with Crippen molar-refractivity contribution in [3.63, 3.8) is 0 Å². The van der Waals surface area contributed by atoms with Gasteiger partial charge in [-0.1, -0.05) is 0 Å². The van der Waals surface area contributed by atoms with Crippen LogP contribution in [-0.4, -0.2) is 77.4 Å². The molecule has 2 bridgehead atoms. The molecule has 134 valence electrons. The molecule has 0 aliphatic carbocycles. The Morgan fingerprint density at radius 3 is 2.88 bits per heavy atom. The van der Waals surface area contributed by atoms with Crippen molar-refractivity contribution in [2.45, 2.75) is 43.8 Å². The van der Waals surface area contributed by atoms with E-state index in [1.54, 1.807) is 0 Å². The van der Waals surface area contributed by atoms with Crippen LogP contribution in [-0.2, 0) is 19.3 Å². The molecule has 24 heavy (non-hydrogen) atoms. The number of urea groups is 1. The standard InChI is InChI=1S/C14H22N4O6/c19-12(20)8-24-18-10-3-4-11(17(6-10)14(18)22)13(21)16-23-7-9-2-1-5-15-9/h9-11,15H,1-8H2,(H,16,21)(H,19,20)/t9-,10?,11?/m1/s1. The molecule has 3 aliphatic rings. The number of carboxylic acid groups (broad SMARTS) is 1. The maximum atomic E-state index is 12.3. The monoisotopic (exact) mass is 342 g/mol. The van der Waals surface area contributed by atoms with E-state index >= 15 is 0 Å². The molecule has 3 atom stereocenters. The summed E-state index contributed by atoms with van der Waals surface area (Å²) in [7, 11) is 0. The fourth-order valence-electron chi connectivity index (χ4n) is 3.38. The third-order valence-electron chi connectivity index (χ3n) is 4.57. The molecule has 3 rings (SSSR count). The van der Waals surface area contributed by atoms with Crippen molar-refractivity contribution in [2.75, 3.05) is 26.3 Å². The van der Waals surface area contributed by atoms with Crippen LogP contribution in [0.1, 0.15) is 25.7 Å². The Balaban J connectivity index is 1.49. The van der Waals surface area contributed by atoms with E-state index in [1.807, 2.05) is 0 Å². The molecule has 3 saturated heterocycles. The summed E-state index contributed by atoms with van der Waals surface area (Å²) in [6.45, 7) is 1.12. The molecule has 3 fully saturated rings. The fourth-order valence-corrected chi connectivity index (χ4v) is 3.38. The first-order valence-electron chi connectivity index (χ1n) is 8.16. The second-order valence-corrected chi connectivity index (χ2v) is 6.25. The molecule has 0 aromatic carbocycles. The number of carbonyl (C=O) groups is 3. The highest BCUT2D eigenvalue weighted by Crippen LogP contribution is 2.30. The van der Waals surface area contributed by atoms with E-state index in [2.05, 4.69) is 10.8 Å². The van der Waals surface area contributed by atoms with E-state index in [-0.39, 0.29) is 18.0 Å². The number of nitrogens with zero attached hydrogens (tertiary/aromatic N) is 2. The van der Waals surface area contributed by atoms with E-state index in [9.17, 15) is 14.4 Å². The second kappa shape index (κ2) is 7.32. The van der Waals surface area contributed by atoms with Crippen LogP contribution < -0.4 is 10.8 Å². The lowest BCUT2D eigenvalue weighted by molar-refractivity contribution is -0.167. The van der Waals surface area contributed by atoms with Crippen molar-refractivity contribution >= 4 is 17.9 Å². The van der Waals surface area contributed by atoms with E-state index in [1.165, 1.54) is 4.90 Å². The van der Waals surface area contributed by atoms with Crippen LogP contribution in [0.2, 0.25) is 0 Å². The first kappa shape index (κ1) is 16.9. The summed E-state index contributed by atoms with van der Waals surface area (Å²) >= 11 is 0. The van der Waals surface area contributed by atoms with Crippen molar-refractivity contribution < 1.29 is 29.2 Å². The first-order chi connectivity index (χ1) is 11.6. The van der Waals surface area contributed by atoms with Crippen LogP contribution in [0.25, 0.3) is 0 Å². The van der Waals surface area contributed by atoms with Gasteiger partial charge in [0.15, 0.2) is 6.61 Å². The number of piperidine rings is 1. The largest absolute Gasteiger partial charge is 0.479 e. The molecule has 10 nitrogen and oxygen atoms in total. The molecule has 3 heterocycles. The van der Waals surface area contributed by atoms with Crippen LogP contribution in [0, 0.1) is 0 Å². The molecule has 3 amide bonds. The number of nitrogens with one attached hydrogen (secondary N) is 2. The van der Waals surface area contributed by atoms with Gasteiger partial charge in [-0.2, -0.15) is 5.06 Å². The van der Waals surface area contributed by atoms with E-state index < -0.39 is 24.6 Å². The first-order valence-corrected chi connectivity index (χ1v) is 8.16. The highest BCUT2D eigenvalue weighted by molar-refractivity contribution is 5.88. The van der Waals surface area contributed by atoms with Crippen molar-refractivity contribution in [2.24, 2.45) is 0 Å². The lowest BCUT2D eigenvalue weighted by Crippen LogP contribution is -2.50. The molecule has 3 N–H and O–H groups in total. The summed E-state index contributed by atoms with van der Waals surface area (Å²) in [6.07, 6.45) is 3.17. The van der Waals surface area contributed by atoms with Crippen LogP contribution in [0.4, 0.5) is 4.79 Å². The highest BCUT2D eigenvalue weighted by atomic mass is 16.7. The number of fused-ring (bicyclic) bond motifs is 2. The molecule has 0 aromatic heterocycles. The molecule has 0 saturated carbocycles. The molecule has 0 aromatic rings. The van der Waals surface area contributed by atoms with Gasteiger partial charge in [0, 0.05) is 12.6 Å². The zero-order valence-corrected chi connectivity index (χ0v) is 13.3. The number of hydroxylamine groups is 3. The Hall–Kier alpha value is -1.91. The maximum absolute atomic E-state index is 12.3. The third kappa shape index (κ3) is 3.60. The summed E-state index contributed by atoms with van der Waals surface area (Å²) in [4.78, 5) is 46.9. The van der Waals surface area contributed by atoms with Gasteiger partial charge in [-0.05, 0) is 32.2 Å². The fraction of sp³-hybridized carbons (Fsp3) is 0.786. The van der Waals surface area contributed by atoms with Gasteiger partial charge in [0.25, 0.3) is 5.91 Å². The lowest BCUT2D eigenvalue weighted by atomic mass is 10.0. The second-order valence-electron chi connectivity index (χ2n) is 6.25. The number of carbonyl (C=O) groups excluding carboxylic acids is 2. The zero-order valence-electron chi connectivity index (χ0n) is 13.3. The van der Waals surface area contributed by atoms with Gasteiger partial charge >= 0.3 is 12.0 Å². The molecular formula is C14H22N4O6. The average molecular weight is 342 g/mol. The summed E-state index contributed by atoms with van der Waals surface area (Å²) in [5.74, 6) is -1.51. The van der Waals surface area contributed by atoms with Crippen LogP contribution in [0.3, 0.4) is 0 Å². The van der Waals surface area contributed by atoms with Crippen molar-refractivity contribution in [1.82, 2.24) is 20.8 Å². The topological polar surface area (TPSA) is 120 Å². The molecule has 3 aliphatic heterocycles. The minimum absolute atomic E-state index is 0.218. The maximum Gasteiger partial charge on any atom is 0.345 e. The van der Waals surface area contributed by atoms with Gasteiger partial charge in [-0.3, -0.25) is 14.5 Å². The highest BCUT2D eigenvalue weighted by Gasteiger charge is 2.48. The normalized spacial score (nSPS) is 29.2. The molecule has 10 heteroatoms. The predicted octanol–water partition coefficient (Wildman–Crippen LogP) is -0.929. The van der Waals surface area contributed by atoms with Crippen LogP contribution in [0.15, 0.2) is 0 Å². The van der Waals surface area contributed by atoms with Crippen molar-refractivity contribution in [3.8, 4) is 0 Å². The third-order valence-corrected chi connectivity index (χ3v) is 4.57. The zero-order chi connectivity index (χ0) is 17.1. The van der Waals surface area contributed by atoms with Gasteiger partial charge < -0.3 is 15.3 Å². The molecule has 0 radical (unpaired) electrons. The summed E-state index contributed by atoms with van der Waals surface area (Å²) in [6, 6.07) is -1.07. The van der Waals surface area contributed by atoms with Gasteiger partial charge in [0.1, 0.15) is 6.04 Å². The van der Waals surface area contributed by atoms with E-state index in [4.69, 9.17) is 14.8 Å². The van der Waals surface area contributed by atoms with Crippen molar-refractivity contribution in [1.29, 1.82) is 0 Å². The number of amides is 3. The van der Waals surface area contributed by atoms with Crippen LogP contribution >= 0.6 is 0 Å². The summed E-state index contributed by atoms with van der Waals surface area (Å²) in [5, 5.41) is 13.0. The average Bonchev–Trinajstić information content (AvgIpc) is 3.14. The minimum Gasteiger partial charge on any atom is -0.479 e. The van der Waals surface area contributed by atoms with Gasteiger partial charge in [-0.25, -0.2) is 15.1 Å². The Kier molecular flexibility index (Phi) is 5.17. The van der Waals surface area contributed by atoms with Gasteiger partial charge in [0.2, 0.25) is 0 Å². The minimum atomic E-state index is -1.15. The number of aliphatic carboxylic acids is 1. The Morgan fingerprint density at radius 2 is 2.17 bits per heavy atom. The molecule has 0 spiro atoms.